The van der Waals surface area contributed by atoms with Crippen LogP contribution in [0.25, 0.3) is 0 Å². The summed E-state index contributed by atoms with van der Waals surface area (Å²) in [5, 5.41) is 2.53. The fourth-order valence-corrected chi connectivity index (χ4v) is 3.03. The van der Waals surface area contributed by atoms with E-state index in [1.54, 1.807) is 6.92 Å². The minimum Gasteiger partial charge on any atom is -0.353 e. The van der Waals surface area contributed by atoms with Crippen LogP contribution < -0.4 is 5.32 Å². The Morgan fingerprint density at radius 1 is 1.47 bits per heavy atom. The molecule has 4 heteroatoms. The highest BCUT2D eigenvalue weighted by molar-refractivity contribution is 8.00. The van der Waals surface area contributed by atoms with Gasteiger partial charge >= 0.3 is 0 Å². The van der Waals surface area contributed by atoms with Gasteiger partial charge in [-0.15, -0.1) is 11.6 Å². The third-order valence-corrected chi connectivity index (χ3v) is 4.76. The van der Waals surface area contributed by atoms with Gasteiger partial charge < -0.3 is 5.32 Å². The third-order valence-electron chi connectivity index (χ3n) is 3.14. The molecule has 88 valence electrons. The highest BCUT2D eigenvalue weighted by Gasteiger charge is 2.31. The normalized spacial score (nSPS) is 22.1. The SMILES string of the molecule is CSC1(CNC(=O)C(C)Cl)CCCCC1. The Labute approximate surface area is 102 Å². The number of carbonyl (C=O) groups excluding carboxylic acids is 1. The van der Waals surface area contributed by atoms with Gasteiger partial charge in [0.15, 0.2) is 0 Å². The van der Waals surface area contributed by atoms with E-state index in [0.29, 0.717) is 0 Å². The minimum absolute atomic E-state index is 0.0457. The molecule has 2 nitrogen and oxygen atoms in total. The van der Waals surface area contributed by atoms with E-state index in [1.165, 1.54) is 32.1 Å². The largest absolute Gasteiger partial charge is 0.353 e. The molecule has 1 N–H and O–H groups in total. The maximum absolute atomic E-state index is 11.4. The van der Waals surface area contributed by atoms with E-state index in [9.17, 15) is 4.79 Å². The fourth-order valence-electron chi connectivity index (χ4n) is 2.04. The number of carbonyl (C=O) groups is 1. The predicted octanol–water partition coefficient (Wildman–Crippen LogP) is 2.80. The number of thioether (sulfide) groups is 1. The van der Waals surface area contributed by atoms with Crippen molar-refractivity contribution in [3.63, 3.8) is 0 Å². The summed E-state index contributed by atoms with van der Waals surface area (Å²) in [6.07, 6.45) is 8.47. The lowest BCUT2D eigenvalue weighted by Crippen LogP contribution is -2.43. The highest BCUT2D eigenvalue weighted by atomic mass is 35.5. The molecule has 1 atom stereocenters. The van der Waals surface area contributed by atoms with Gasteiger partial charge in [-0.25, -0.2) is 0 Å². The number of rotatable bonds is 4. The van der Waals surface area contributed by atoms with Gasteiger partial charge in [-0.3, -0.25) is 4.79 Å². The van der Waals surface area contributed by atoms with Crippen LogP contribution in [0.5, 0.6) is 0 Å². The fraction of sp³-hybridized carbons (Fsp3) is 0.909. The molecule has 0 heterocycles. The number of amides is 1. The van der Waals surface area contributed by atoms with Crippen molar-refractivity contribution in [2.75, 3.05) is 12.8 Å². The molecule has 0 radical (unpaired) electrons. The van der Waals surface area contributed by atoms with Gasteiger partial charge in [0, 0.05) is 11.3 Å². The van der Waals surface area contributed by atoms with E-state index < -0.39 is 5.38 Å². The maximum Gasteiger partial charge on any atom is 0.237 e. The summed E-state index contributed by atoms with van der Waals surface area (Å²) in [5.74, 6) is -0.0457. The Bertz CT molecular complexity index is 215. The maximum atomic E-state index is 11.4. The molecule has 1 unspecified atom stereocenters. The molecule has 1 saturated carbocycles. The number of hydrogen-bond acceptors (Lipinski definition) is 2. The molecule has 0 aliphatic heterocycles. The third kappa shape index (κ3) is 3.87. The summed E-state index contributed by atoms with van der Waals surface area (Å²) < 4.78 is 0.264. The van der Waals surface area contributed by atoms with E-state index in [1.807, 2.05) is 11.8 Å². The van der Waals surface area contributed by atoms with Crippen LogP contribution in [0, 0.1) is 0 Å². The molecule has 15 heavy (non-hydrogen) atoms. The van der Waals surface area contributed by atoms with Crippen molar-refractivity contribution < 1.29 is 4.79 Å². The Kier molecular flexibility index (Phi) is 5.27. The van der Waals surface area contributed by atoms with Gasteiger partial charge in [0.2, 0.25) is 5.91 Å². The Hall–Kier alpha value is 0.110. The second kappa shape index (κ2) is 6.00. The lowest BCUT2D eigenvalue weighted by atomic mass is 9.88. The van der Waals surface area contributed by atoms with Gasteiger partial charge in [0.1, 0.15) is 5.38 Å². The Morgan fingerprint density at radius 2 is 2.07 bits per heavy atom. The number of halogens is 1. The van der Waals surface area contributed by atoms with Crippen molar-refractivity contribution in [2.45, 2.75) is 49.2 Å². The molecule has 0 aromatic heterocycles. The Balaban J connectivity index is 2.42. The van der Waals surface area contributed by atoms with Gasteiger partial charge in [-0.1, -0.05) is 19.3 Å². The van der Waals surface area contributed by atoms with Crippen LogP contribution in [0.4, 0.5) is 0 Å². The number of nitrogens with one attached hydrogen (secondary N) is 1. The van der Waals surface area contributed by atoms with E-state index >= 15 is 0 Å². The molecule has 0 spiro atoms. The molecule has 1 aliphatic rings. The standard InChI is InChI=1S/C11H20ClNOS/c1-9(12)10(14)13-8-11(15-2)6-4-3-5-7-11/h9H,3-8H2,1-2H3,(H,13,14). The zero-order valence-electron chi connectivity index (χ0n) is 9.51. The van der Waals surface area contributed by atoms with Gasteiger partial charge in [0.25, 0.3) is 0 Å². The molecule has 1 rings (SSSR count). The van der Waals surface area contributed by atoms with E-state index in [-0.39, 0.29) is 10.7 Å². The second-order valence-corrected chi connectivity index (χ2v) is 6.21. The molecular weight excluding hydrogens is 230 g/mol. The zero-order valence-corrected chi connectivity index (χ0v) is 11.1. The summed E-state index contributed by atoms with van der Waals surface area (Å²) in [5.41, 5.74) is 0. The zero-order chi connectivity index (χ0) is 11.3. The van der Waals surface area contributed by atoms with Gasteiger partial charge in [-0.2, -0.15) is 11.8 Å². The first-order chi connectivity index (χ1) is 7.09. The topological polar surface area (TPSA) is 29.1 Å². The first-order valence-corrected chi connectivity index (χ1v) is 7.23. The molecule has 1 aliphatic carbocycles. The monoisotopic (exact) mass is 249 g/mol. The van der Waals surface area contributed by atoms with Crippen molar-refractivity contribution in [1.29, 1.82) is 0 Å². The smallest absolute Gasteiger partial charge is 0.237 e. The van der Waals surface area contributed by atoms with E-state index in [4.69, 9.17) is 11.6 Å². The second-order valence-electron chi connectivity index (χ2n) is 4.28. The summed E-state index contributed by atoms with van der Waals surface area (Å²) in [7, 11) is 0. The van der Waals surface area contributed by atoms with Crippen molar-refractivity contribution in [3.8, 4) is 0 Å². The summed E-state index contributed by atoms with van der Waals surface area (Å²) in [6, 6.07) is 0. The number of hydrogen-bond donors (Lipinski definition) is 1. The van der Waals surface area contributed by atoms with Crippen LogP contribution in [0.15, 0.2) is 0 Å². The summed E-state index contributed by atoms with van der Waals surface area (Å²) in [4.78, 5) is 11.4. The lowest BCUT2D eigenvalue weighted by Gasteiger charge is -2.36. The number of alkyl halides is 1. The molecular formula is C11H20ClNOS. The van der Waals surface area contributed by atoms with Crippen molar-refractivity contribution in [1.82, 2.24) is 5.32 Å². The molecule has 1 amide bonds. The molecule has 0 bridgehead atoms. The molecule has 0 aromatic carbocycles. The van der Waals surface area contributed by atoms with Crippen LogP contribution in [-0.4, -0.2) is 28.8 Å². The minimum atomic E-state index is -0.424. The van der Waals surface area contributed by atoms with Crippen molar-refractivity contribution in [3.05, 3.63) is 0 Å². The lowest BCUT2D eigenvalue weighted by molar-refractivity contribution is -0.120. The average Bonchev–Trinajstić information content (AvgIpc) is 2.27. The van der Waals surface area contributed by atoms with Crippen LogP contribution >= 0.6 is 23.4 Å². The molecule has 0 saturated heterocycles. The highest BCUT2D eigenvalue weighted by Crippen LogP contribution is 2.37. The van der Waals surface area contributed by atoms with Gasteiger partial charge in [0.05, 0.1) is 0 Å². The van der Waals surface area contributed by atoms with Gasteiger partial charge in [-0.05, 0) is 26.0 Å². The van der Waals surface area contributed by atoms with Crippen LogP contribution in [0.2, 0.25) is 0 Å². The molecule has 0 aromatic rings. The Morgan fingerprint density at radius 3 is 2.53 bits per heavy atom. The first-order valence-electron chi connectivity index (χ1n) is 5.56. The van der Waals surface area contributed by atoms with Crippen LogP contribution in [-0.2, 0) is 4.79 Å². The summed E-state index contributed by atoms with van der Waals surface area (Å²) in [6.45, 7) is 2.48. The summed E-state index contributed by atoms with van der Waals surface area (Å²) >= 11 is 7.60. The average molecular weight is 250 g/mol. The van der Waals surface area contributed by atoms with Crippen LogP contribution in [0.3, 0.4) is 0 Å². The van der Waals surface area contributed by atoms with Crippen molar-refractivity contribution in [2.24, 2.45) is 0 Å². The van der Waals surface area contributed by atoms with Crippen molar-refractivity contribution >= 4 is 29.3 Å². The first kappa shape index (κ1) is 13.2. The quantitative estimate of drug-likeness (QED) is 0.777. The predicted molar refractivity (Wildman–Crippen MR) is 67.7 cm³/mol. The molecule has 1 fully saturated rings. The van der Waals surface area contributed by atoms with Crippen LogP contribution in [0.1, 0.15) is 39.0 Å². The van der Waals surface area contributed by atoms with E-state index in [2.05, 4.69) is 11.6 Å². The van der Waals surface area contributed by atoms with E-state index in [0.717, 1.165) is 6.54 Å².